The Balaban J connectivity index is 2.32. The van der Waals surface area contributed by atoms with Crippen LogP contribution in [0.4, 0.5) is 5.82 Å². The van der Waals surface area contributed by atoms with Crippen molar-refractivity contribution in [1.29, 1.82) is 0 Å². The van der Waals surface area contributed by atoms with Crippen LogP contribution in [0.15, 0.2) is 12.4 Å². The van der Waals surface area contributed by atoms with E-state index in [2.05, 4.69) is 26.4 Å². The second kappa shape index (κ2) is 5.82. The van der Waals surface area contributed by atoms with Crippen LogP contribution in [0.1, 0.15) is 43.2 Å². The van der Waals surface area contributed by atoms with E-state index in [-0.39, 0.29) is 0 Å². The van der Waals surface area contributed by atoms with E-state index in [1.807, 2.05) is 26.2 Å². The predicted octanol–water partition coefficient (Wildman–Crippen LogP) is 2.13. The van der Waals surface area contributed by atoms with Crippen molar-refractivity contribution in [2.24, 2.45) is 0 Å². The molecule has 0 aromatic carbocycles. The molecule has 0 spiro atoms. The highest BCUT2D eigenvalue weighted by Gasteiger charge is 2.11. The maximum Gasteiger partial charge on any atom is 0.130 e. The first-order valence-electron chi connectivity index (χ1n) is 6.77. The van der Waals surface area contributed by atoms with Gasteiger partial charge in [-0.25, -0.2) is 15.0 Å². The van der Waals surface area contributed by atoms with E-state index in [4.69, 9.17) is 5.73 Å². The molecule has 2 heterocycles. The van der Waals surface area contributed by atoms with Crippen LogP contribution in [0, 0.1) is 6.92 Å². The van der Waals surface area contributed by atoms with Crippen LogP contribution in [-0.4, -0.2) is 19.5 Å². The molecule has 0 saturated carbocycles. The van der Waals surface area contributed by atoms with Crippen LogP contribution in [-0.2, 0) is 19.4 Å². The molecule has 5 heteroatoms. The van der Waals surface area contributed by atoms with Gasteiger partial charge in [0.1, 0.15) is 17.5 Å². The molecule has 0 aliphatic rings. The summed E-state index contributed by atoms with van der Waals surface area (Å²) in [4.78, 5) is 13.3. The zero-order valence-corrected chi connectivity index (χ0v) is 11.8. The van der Waals surface area contributed by atoms with Crippen molar-refractivity contribution in [3.8, 4) is 0 Å². The first-order valence-corrected chi connectivity index (χ1v) is 6.77. The quantitative estimate of drug-likeness (QED) is 0.893. The van der Waals surface area contributed by atoms with Gasteiger partial charge in [-0.15, -0.1) is 0 Å². The first-order chi connectivity index (χ1) is 9.15. The number of anilines is 1. The normalized spacial score (nSPS) is 10.9. The minimum absolute atomic E-state index is 0.579. The lowest BCUT2D eigenvalue weighted by molar-refractivity contribution is 0.643. The molecule has 0 aliphatic carbocycles. The Morgan fingerprint density at radius 1 is 1.26 bits per heavy atom. The molecule has 0 aliphatic heterocycles. The highest BCUT2D eigenvalue weighted by Crippen LogP contribution is 2.16. The summed E-state index contributed by atoms with van der Waals surface area (Å²) in [6.07, 6.45) is 6.44. The van der Waals surface area contributed by atoms with Gasteiger partial charge in [0.2, 0.25) is 0 Å². The minimum Gasteiger partial charge on any atom is -0.383 e. The summed E-state index contributed by atoms with van der Waals surface area (Å²) in [5.41, 5.74) is 7.89. The van der Waals surface area contributed by atoms with Gasteiger partial charge in [-0.05, 0) is 13.3 Å². The van der Waals surface area contributed by atoms with Crippen molar-refractivity contribution in [1.82, 2.24) is 19.5 Å². The van der Waals surface area contributed by atoms with Gasteiger partial charge in [0.05, 0.1) is 5.69 Å². The topological polar surface area (TPSA) is 69.6 Å². The SMILES string of the molecule is CCCn1ccnc1Cc1nc(CC)nc(N)c1C. The highest BCUT2D eigenvalue weighted by atomic mass is 15.1. The standard InChI is InChI=1S/C14H21N5/c1-4-7-19-8-6-16-13(19)9-11-10(3)14(15)18-12(5-2)17-11/h6,8H,4-5,7,9H2,1-3H3,(H2,15,17,18). The van der Waals surface area contributed by atoms with Gasteiger partial charge in [0.25, 0.3) is 0 Å². The lowest BCUT2D eigenvalue weighted by Gasteiger charge is -2.10. The summed E-state index contributed by atoms with van der Waals surface area (Å²) >= 11 is 0. The number of aromatic nitrogens is 4. The molecule has 0 saturated heterocycles. The van der Waals surface area contributed by atoms with Crippen LogP contribution < -0.4 is 5.73 Å². The fourth-order valence-electron chi connectivity index (χ4n) is 2.07. The summed E-state index contributed by atoms with van der Waals surface area (Å²) in [6.45, 7) is 7.14. The number of imidazole rings is 1. The third-order valence-electron chi connectivity index (χ3n) is 3.24. The Hall–Kier alpha value is -1.91. The van der Waals surface area contributed by atoms with Crippen molar-refractivity contribution < 1.29 is 0 Å². The summed E-state index contributed by atoms with van der Waals surface area (Å²) < 4.78 is 2.17. The number of hydrogen-bond donors (Lipinski definition) is 1. The van der Waals surface area contributed by atoms with E-state index in [0.29, 0.717) is 12.2 Å². The number of rotatable bonds is 5. The van der Waals surface area contributed by atoms with E-state index in [9.17, 15) is 0 Å². The van der Waals surface area contributed by atoms with Gasteiger partial charge >= 0.3 is 0 Å². The van der Waals surface area contributed by atoms with Crippen LogP contribution >= 0.6 is 0 Å². The molecule has 2 aromatic rings. The van der Waals surface area contributed by atoms with Gasteiger partial charge in [0.15, 0.2) is 0 Å². The molecule has 0 atom stereocenters. The van der Waals surface area contributed by atoms with E-state index < -0.39 is 0 Å². The molecule has 102 valence electrons. The molecule has 19 heavy (non-hydrogen) atoms. The van der Waals surface area contributed by atoms with Gasteiger partial charge in [0, 0.05) is 37.3 Å². The molecule has 5 nitrogen and oxygen atoms in total. The lowest BCUT2D eigenvalue weighted by atomic mass is 10.1. The maximum atomic E-state index is 5.94. The van der Waals surface area contributed by atoms with Crippen molar-refractivity contribution in [3.05, 3.63) is 35.3 Å². The second-order valence-electron chi connectivity index (χ2n) is 4.66. The molecule has 0 fully saturated rings. The Bertz CT molecular complexity index is 559. The Morgan fingerprint density at radius 2 is 2.05 bits per heavy atom. The molecule has 2 rings (SSSR count). The predicted molar refractivity (Wildman–Crippen MR) is 75.9 cm³/mol. The van der Waals surface area contributed by atoms with Crippen molar-refractivity contribution in [2.45, 2.75) is 46.6 Å². The number of nitrogens with zero attached hydrogens (tertiary/aromatic N) is 4. The number of nitrogens with two attached hydrogens (primary N) is 1. The van der Waals surface area contributed by atoms with Gasteiger partial charge in [-0.1, -0.05) is 13.8 Å². The van der Waals surface area contributed by atoms with Crippen molar-refractivity contribution in [3.63, 3.8) is 0 Å². The van der Waals surface area contributed by atoms with Gasteiger partial charge < -0.3 is 10.3 Å². The van der Waals surface area contributed by atoms with Crippen LogP contribution in [0.3, 0.4) is 0 Å². The molecular weight excluding hydrogens is 238 g/mol. The Kier molecular flexibility index (Phi) is 4.14. The van der Waals surface area contributed by atoms with Crippen LogP contribution in [0.5, 0.6) is 0 Å². The van der Waals surface area contributed by atoms with Gasteiger partial charge in [-0.2, -0.15) is 0 Å². The average Bonchev–Trinajstić information content (AvgIpc) is 2.82. The highest BCUT2D eigenvalue weighted by molar-refractivity contribution is 5.42. The first kappa shape index (κ1) is 13.5. The number of hydrogen-bond acceptors (Lipinski definition) is 4. The summed E-state index contributed by atoms with van der Waals surface area (Å²) in [5, 5.41) is 0. The van der Waals surface area contributed by atoms with E-state index >= 15 is 0 Å². The monoisotopic (exact) mass is 259 g/mol. The fraction of sp³-hybridized carbons (Fsp3) is 0.500. The van der Waals surface area contributed by atoms with Crippen molar-refractivity contribution >= 4 is 5.82 Å². The zero-order valence-electron chi connectivity index (χ0n) is 11.8. The molecular formula is C14H21N5. The second-order valence-corrected chi connectivity index (χ2v) is 4.66. The minimum atomic E-state index is 0.579. The fourth-order valence-corrected chi connectivity index (χ4v) is 2.07. The third kappa shape index (κ3) is 2.92. The molecule has 0 bridgehead atoms. The van der Waals surface area contributed by atoms with Crippen LogP contribution in [0.2, 0.25) is 0 Å². The maximum absolute atomic E-state index is 5.94. The number of nitrogen functional groups attached to an aromatic ring is 1. The summed E-state index contributed by atoms with van der Waals surface area (Å²) in [7, 11) is 0. The van der Waals surface area contributed by atoms with E-state index in [1.165, 1.54) is 0 Å². The Morgan fingerprint density at radius 3 is 2.74 bits per heavy atom. The summed E-state index contributed by atoms with van der Waals surface area (Å²) in [5.74, 6) is 2.41. The van der Waals surface area contributed by atoms with E-state index in [0.717, 1.165) is 42.3 Å². The molecule has 2 N–H and O–H groups in total. The smallest absolute Gasteiger partial charge is 0.130 e. The summed E-state index contributed by atoms with van der Waals surface area (Å²) in [6, 6.07) is 0. The lowest BCUT2D eigenvalue weighted by Crippen LogP contribution is -2.10. The zero-order chi connectivity index (χ0) is 13.8. The molecule has 0 unspecified atom stereocenters. The average molecular weight is 259 g/mol. The van der Waals surface area contributed by atoms with Gasteiger partial charge in [-0.3, -0.25) is 0 Å². The molecule has 0 radical (unpaired) electrons. The Labute approximate surface area is 113 Å². The van der Waals surface area contributed by atoms with Crippen molar-refractivity contribution in [2.75, 3.05) is 5.73 Å². The largest absolute Gasteiger partial charge is 0.383 e. The molecule has 0 amide bonds. The van der Waals surface area contributed by atoms with Crippen LogP contribution in [0.25, 0.3) is 0 Å². The number of aryl methyl sites for hydroxylation is 2. The molecule has 2 aromatic heterocycles. The van der Waals surface area contributed by atoms with E-state index in [1.54, 1.807) is 0 Å². The third-order valence-corrected chi connectivity index (χ3v) is 3.24.